The number of benzene rings is 1. The Kier molecular flexibility index (Phi) is 3.50. The van der Waals surface area contributed by atoms with Crippen LogP contribution in [0.5, 0.6) is 0 Å². The molecule has 1 heterocycles. The molecule has 96 valence electrons. The maximum Gasteiger partial charge on any atom is 0.278 e. The lowest BCUT2D eigenvalue weighted by molar-refractivity contribution is -0.259. The Hall–Kier alpha value is -1.65. The monoisotopic (exact) mass is 247 g/mol. The van der Waals surface area contributed by atoms with Crippen LogP contribution in [-0.4, -0.2) is 29.9 Å². The number of carbonyl (C=O) groups excluding carboxylic acids is 1. The van der Waals surface area contributed by atoms with Gasteiger partial charge in [-0.15, -0.1) is 0 Å². The quantitative estimate of drug-likeness (QED) is 0.753. The van der Waals surface area contributed by atoms with Crippen LogP contribution in [0.2, 0.25) is 0 Å². The lowest BCUT2D eigenvalue weighted by Gasteiger charge is -2.39. The van der Waals surface area contributed by atoms with Crippen molar-refractivity contribution in [1.29, 1.82) is 0 Å². The predicted molar refractivity (Wildman–Crippen MR) is 67.7 cm³/mol. The van der Waals surface area contributed by atoms with Gasteiger partial charge in [-0.1, -0.05) is 24.3 Å². The standard InChI is InChI=1S/C14H17NO3/c1-14(2)10-9-12(17-3)18-15(14)13(16)11-7-5-4-6-8-11/h4-10,12H,1-3H3. The summed E-state index contributed by atoms with van der Waals surface area (Å²) in [4.78, 5) is 17.9. The molecule has 18 heavy (non-hydrogen) atoms. The molecule has 1 atom stereocenters. The van der Waals surface area contributed by atoms with E-state index in [9.17, 15) is 4.79 Å². The number of nitrogens with zero attached hydrogens (tertiary/aromatic N) is 1. The average molecular weight is 247 g/mol. The van der Waals surface area contributed by atoms with E-state index in [1.807, 2.05) is 38.1 Å². The first-order chi connectivity index (χ1) is 8.54. The summed E-state index contributed by atoms with van der Waals surface area (Å²) < 4.78 is 5.10. The van der Waals surface area contributed by atoms with Crippen molar-refractivity contribution in [2.45, 2.75) is 25.7 Å². The van der Waals surface area contributed by atoms with Crippen LogP contribution in [0.4, 0.5) is 0 Å². The van der Waals surface area contributed by atoms with E-state index < -0.39 is 11.8 Å². The molecule has 1 aromatic rings. The highest BCUT2D eigenvalue weighted by molar-refractivity contribution is 5.94. The molecule has 0 N–H and O–H groups in total. The molecule has 1 aromatic carbocycles. The summed E-state index contributed by atoms with van der Waals surface area (Å²) in [6.45, 7) is 3.83. The van der Waals surface area contributed by atoms with E-state index in [4.69, 9.17) is 9.57 Å². The molecule has 0 aromatic heterocycles. The fourth-order valence-electron chi connectivity index (χ4n) is 1.79. The van der Waals surface area contributed by atoms with Gasteiger partial charge in [0.25, 0.3) is 5.91 Å². The summed E-state index contributed by atoms with van der Waals surface area (Å²) in [6, 6.07) is 9.06. The fraction of sp³-hybridized carbons (Fsp3) is 0.357. The van der Waals surface area contributed by atoms with Crippen molar-refractivity contribution in [2.24, 2.45) is 0 Å². The maximum atomic E-state index is 12.4. The lowest BCUT2D eigenvalue weighted by atomic mass is 10.0. The number of amides is 1. The van der Waals surface area contributed by atoms with E-state index in [-0.39, 0.29) is 5.91 Å². The highest BCUT2D eigenvalue weighted by Crippen LogP contribution is 2.25. The Labute approximate surface area is 107 Å². The molecule has 0 fully saturated rings. The van der Waals surface area contributed by atoms with Gasteiger partial charge >= 0.3 is 0 Å². The van der Waals surface area contributed by atoms with Gasteiger partial charge in [0.2, 0.25) is 6.29 Å². The molecule has 2 rings (SSSR count). The molecule has 1 unspecified atom stereocenters. The highest BCUT2D eigenvalue weighted by atomic mass is 16.8. The zero-order valence-corrected chi connectivity index (χ0v) is 10.8. The van der Waals surface area contributed by atoms with Gasteiger partial charge in [-0.05, 0) is 32.1 Å². The van der Waals surface area contributed by atoms with Crippen LogP contribution in [0, 0.1) is 0 Å². The summed E-state index contributed by atoms with van der Waals surface area (Å²) in [7, 11) is 1.54. The largest absolute Gasteiger partial charge is 0.350 e. The fourth-order valence-corrected chi connectivity index (χ4v) is 1.79. The zero-order chi connectivity index (χ0) is 13.2. The van der Waals surface area contributed by atoms with Crippen molar-refractivity contribution >= 4 is 5.91 Å². The molecule has 4 nitrogen and oxygen atoms in total. The number of carbonyl (C=O) groups is 1. The maximum absolute atomic E-state index is 12.4. The minimum absolute atomic E-state index is 0.174. The SMILES string of the molecule is COC1C=CC(C)(C)N(C(=O)c2ccccc2)O1. The number of hydrogen-bond donors (Lipinski definition) is 0. The van der Waals surface area contributed by atoms with Crippen LogP contribution in [0.1, 0.15) is 24.2 Å². The molecule has 0 aliphatic carbocycles. The van der Waals surface area contributed by atoms with Crippen LogP contribution >= 0.6 is 0 Å². The zero-order valence-electron chi connectivity index (χ0n) is 10.8. The average Bonchev–Trinajstić information content (AvgIpc) is 2.39. The highest BCUT2D eigenvalue weighted by Gasteiger charge is 2.35. The van der Waals surface area contributed by atoms with E-state index in [1.165, 1.54) is 5.06 Å². The second-order valence-corrected chi connectivity index (χ2v) is 4.69. The molecule has 0 saturated heterocycles. The summed E-state index contributed by atoms with van der Waals surface area (Å²) in [5.74, 6) is -0.174. The van der Waals surface area contributed by atoms with E-state index in [2.05, 4.69) is 0 Å². The number of ether oxygens (including phenoxy) is 1. The topological polar surface area (TPSA) is 38.8 Å². The molecule has 4 heteroatoms. The van der Waals surface area contributed by atoms with Crippen molar-refractivity contribution in [2.75, 3.05) is 7.11 Å². The third kappa shape index (κ3) is 2.44. The Morgan fingerprint density at radius 2 is 2.00 bits per heavy atom. The van der Waals surface area contributed by atoms with Crippen molar-refractivity contribution in [1.82, 2.24) is 5.06 Å². The molecule has 1 amide bonds. The molecular formula is C14H17NO3. The first-order valence-corrected chi connectivity index (χ1v) is 5.83. The van der Waals surface area contributed by atoms with Gasteiger partial charge in [0.05, 0.1) is 5.54 Å². The minimum atomic E-state index is -0.523. The summed E-state index contributed by atoms with van der Waals surface area (Å²) in [6.07, 6.45) is 3.19. The van der Waals surface area contributed by atoms with E-state index in [0.29, 0.717) is 5.56 Å². The Balaban J connectivity index is 2.27. The Bertz CT molecular complexity index is 453. The van der Waals surface area contributed by atoms with Crippen molar-refractivity contribution < 1.29 is 14.4 Å². The molecule has 0 radical (unpaired) electrons. The number of hydrogen-bond acceptors (Lipinski definition) is 3. The summed E-state index contributed by atoms with van der Waals surface area (Å²) >= 11 is 0. The Morgan fingerprint density at radius 1 is 1.33 bits per heavy atom. The van der Waals surface area contributed by atoms with Crippen molar-refractivity contribution in [3.8, 4) is 0 Å². The van der Waals surface area contributed by atoms with Crippen LogP contribution in [0.25, 0.3) is 0 Å². The van der Waals surface area contributed by atoms with Gasteiger partial charge in [-0.2, -0.15) is 0 Å². The molecule has 1 aliphatic rings. The normalized spacial score (nSPS) is 21.9. The van der Waals surface area contributed by atoms with Crippen molar-refractivity contribution in [3.05, 3.63) is 48.0 Å². The van der Waals surface area contributed by atoms with E-state index >= 15 is 0 Å². The number of methoxy groups -OCH3 is 1. The van der Waals surface area contributed by atoms with Crippen LogP contribution in [0.15, 0.2) is 42.5 Å². The third-order valence-corrected chi connectivity index (χ3v) is 2.83. The first kappa shape index (κ1) is 12.8. The Morgan fingerprint density at radius 3 is 2.61 bits per heavy atom. The predicted octanol–water partition coefficient (Wildman–Crippen LogP) is 2.38. The second-order valence-electron chi connectivity index (χ2n) is 4.69. The molecule has 0 saturated carbocycles. The van der Waals surface area contributed by atoms with Gasteiger partial charge < -0.3 is 4.74 Å². The molecule has 0 spiro atoms. The molecule has 0 bridgehead atoms. The van der Waals surface area contributed by atoms with Crippen molar-refractivity contribution in [3.63, 3.8) is 0 Å². The first-order valence-electron chi connectivity index (χ1n) is 5.83. The third-order valence-electron chi connectivity index (χ3n) is 2.83. The number of rotatable bonds is 2. The lowest BCUT2D eigenvalue weighted by Crippen LogP contribution is -2.51. The molecule has 1 aliphatic heterocycles. The van der Waals surface area contributed by atoms with Gasteiger partial charge in [0, 0.05) is 12.7 Å². The summed E-state index contributed by atoms with van der Waals surface area (Å²) in [5.41, 5.74) is 0.0952. The van der Waals surface area contributed by atoms with Gasteiger partial charge in [-0.3, -0.25) is 4.79 Å². The van der Waals surface area contributed by atoms with E-state index in [0.717, 1.165) is 0 Å². The second kappa shape index (κ2) is 4.92. The van der Waals surface area contributed by atoms with Crippen LogP contribution in [-0.2, 0) is 9.57 Å². The number of hydroxylamine groups is 2. The van der Waals surface area contributed by atoms with E-state index in [1.54, 1.807) is 25.3 Å². The van der Waals surface area contributed by atoms with Crippen LogP contribution in [0.3, 0.4) is 0 Å². The van der Waals surface area contributed by atoms with Gasteiger partial charge in [0.1, 0.15) is 0 Å². The smallest absolute Gasteiger partial charge is 0.278 e. The minimum Gasteiger partial charge on any atom is -0.350 e. The van der Waals surface area contributed by atoms with Gasteiger partial charge in [-0.25, -0.2) is 9.90 Å². The van der Waals surface area contributed by atoms with Gasteiger partial charge in [0.15, 0.2) is 0 Å². The molecular weight excluding hydrogens is 230 g/mol. The van der Waals surface area contributed by atoms with Crippen LogP contribution < -0.4 is 0 Å². The summed E-state index contributed by atoms with van der Waals surface area (Å²) in [5, 5.41) is 1.36.